The van der Waals surface area contributed by atoms with Gasteiger partial charge < -0.3 is 15.1 Å². The van der Waals surface area contributed by atoms with E-state index in [4.69, 9.17) is 0 Å². The van der Waals surface area contributed by atoms with Crippen LogP contribution in [0.4, 0.5) is 29.5 Å². The number of anilines is 2. The van der Waals surface area contributed by atoms with E-state index in [-0.39, 0.29) is 6.03 Å². The molecular weight excluding hydrogens is 375 g/mol. The number of carbonyl (C=O) groups excluding carboxylic acids is 1. The van der Waals surface area contributed by atoms with E-state index >= 15 is 0 Å². The van der Waals surface area contributed by atoms with Gasteiger partial charge in [0.15, 0.2) is 5.65 Å². The molecule has 0 radical (unpaired) electrons. The van der Waals surface area contributed by atoms with Crippen LogP contribution in [0.15, 0.2) is 42.7 Å². The number of benzene rings is 1. The number of fused-ring (bicyclic) bond motifs is 1. The molecule has 2 aromatic heterocycles. The fourth-order valence-electron chi connectivity index (χ4n) is 2.97. The highest BCUT2D eigenvalue weighted by atomic mass is 19.4. The molecule has 0 spiro atoms. The molecule has 1 fully saturated rings. The summed E-state index contributed by atoms with van der Waals surface area (Å²) in [4.78, 5) is 16.0. The summed E-state index contributed by atoms with van der Waals surface area (Å²) < 4.78 is 39.4. The lowest BCUT2D eigenvalue weighted by atomic mass is 10.2. The largest absolute Gasteiger partial charge is 0.416 e. The van der Waals surface area contributed by atoms with Crippen LogP contribution in [0.3, 0.4) is 0 Å². The Kier molecular flexibility index (Phi) is 4.49. The molecule has 3 aromatic rings. The van der Waals surface area contributed by atoms with E-state index in [1.165, 1.54) is 18.5 Å². The van der Waals surface area contributed by atoms with Gasteiger partial charge >= 0.3 is 12.2 Å². The molecule has 1 aliphatic rings. The number of hydrogen-bond acceptors (Lipinski definition) is 5. The molecule has 0 aliphatic carbocycles. The third kappa shape index (κ3) is 3.68. The second-order valence-electron chi connectivity index (χ2n) is 6.30. The molecule has 1 aromatic carbocycles. The van der Waals surface area contributed by atoms with Crippen LogP contribution in [-0.2, 0) is 6.18 Å². The minimum Gasteiger partial charge on any atom is -0.352 e. The molecular formula is C17H16F3N7O. The first-order chi connectivity index (χ1) is 13.4. The minimum absolute atomic E-state index is 0.320. The summed E-state index contributed by atoms with van der Waals surface area (Å²) in [5.41, 5.74) is 0.218. The van der Waals surface area contributed by atoms with Gasteiger partial charge in [-0.2, -0.15) is 17.7 Å². The number of amides is 2. The summed E-state index contributed by atoms with van der Waals surface area (Å²) in [5.74, 6) is 0.759. The van der Waals surface area contributed by atoms with Crippen molar-refractivity contribution in [2.45, 2.75) is 6.18 Å². The predicted octanol–water partition coefficient (Wildman–Crippen LogP) is 2.50. The van der Waals surface area contributed by atoms with Gasteiger partial charge in [-0.1, -0.05) is 0 Å². The summed E-state index contributed by atoms with van der Waals surface area (Å²) in [6.45, 7) is 2.10. The lowest BCUT2D eigenvalue weighted by Crippen LogP contribution is -2.50. The van der Waals surface area contributed by atoms with E-state index in [2.05, 4.69) is 20.6 Å². The van der Waals surface area contributed by atoms with E-state index < -0.39 is 11.7 Å². The molecule has 2 amide bonds. The van der Waals surface area contributed by atoms with E-state index in [0.29, 0.717) is 37.5 Å². The van der Waals surface area contributed by atoms with Crippen molar-refractivity contribution in [3.63, 3.8) is 0 Å². The molecule has 0 bridgehead atoms. The smallest absolute Gasteiger partial charge is 0.352 e. The fraction of sp³-hybridized carbons (Fsp3) is 0.294. The molecule has 1 aliphatic heterocycles. The van der Waals surface area contributed by atoms with E-state index in [0.717, 1.165) is 18.0 Å². The Morgan fingerprint density at radius 2 is 1.71 bits per heavy atom. The second kappa shape index (κ2) is 6.98. The Morgan fingerprint density at radius 1 is 1.00 bits per heavy atom. The van der Waals surface area contributed by atoms with Crippen molar-refractivity contribution in [2.75, 3.05) is 36.4 Å². The highest BCUT2D eigenvalue weighted by Crippen LogP contribution is 2.29. The first-order valence-electron chi connectivity index (χ1n) is 8.55. The first-order valence-corrected chi connectivity index (χ1v) is 8.55. The molecule has 0 saturated carbocycles. The topological polar surface area (TPSA) is 78.7 Å². The number of halogens is 3. The number of nitrogens with one attached hydrogen (secondary N) is 1. The molecule has 1 N–H and O–H groups in total. The van der Waals surface area contributed by atoms with Crippen molar-refractivity contribution < 1.29 is 18.0 Å². The summed E-state index contributed by atoms with van der Waals surface area (Å²) in [5, 5.41) is 14.8. The quantitative estimate of drug-likeness (QED) is 0.726. The van der Waals surface area contributed by atoms with Crippen molar-refractivity contribution >= 4 is 23.2 Å². The Morgan fingerprint density at radius 3 is 2.39 bits per heavy atom. The normalized spacial score (nSPS) is 15.1. The van der Waals surface area contributed by atoms with Crippen molar-refractivity contribution in [1.29, 1.82) is 0 Å². The van der Waals surface area contributed by atoms with Crippen molar-refractivity contribution in [2.24, 2.45) is 0 Å². The third-order valence-corrected chi connectivity index (χ3v) is 4.50. The van der Waals surface area contributed by atoms with E-state index in [1.807, 2.05) is 17.0 Å². The third-order valence-electron chi connectivity index (χ3n) is 4.50. The highest BCUT2D eigenvalue weighted by molar-refractivity contribution is 5.89. The predicted molar refractivity (Wildman–Crippen MR) is 95.0 cm³/mol. The minimum atomic E-state index is -4.40. The molecule has 0 atom stereocenters. The Hall–Kier alpha value is -3.37. The van der Waals surface area contributed by atoms with Gasteiger partial charge in [-0.15, -0.1) is 15.3 Å². The van der Waals surface area contributed by atoms with Gasteiger partial charge in [-0.05, 0) is 36.4 Å². The molecule has 146 valence electrons. The Labute approximate surface area is 157 Å². The van der Waals surface area contributed by atoms with E-state index in [9.17, 15) is 18.0 Å². The van der Waals surface area contributed by atoms with Gasteiger partial charge in [0, 0.05) is 31.9 Å². The van der Waals surface area contributed by atoms with Gasteiger partial charge in [0.1, 0.15) is 12.1 Å². The summed E-state index contributed by atoms with van der Waals surface area (Å²) >= 11 is 0. The lowest BCUT2D eigenvalue weighted by Gasteiger charge is -2.35. The van der Waals surface area contributed by atoms with Crippen molar-refractivity contribution in [3.05, 3.63) is 48.3 Å². The number of urea groups is 1. The highest BCUT2D eigenvalue weighted by Gasteiger charge is 2.30. The van der Waals surface area contributed by atoms with Crippen LogP contribution in [0, 0.1) is 0 Å². The average molecular weight is 391 g/mol. The van der Waals surface area contributed by atoms with Gasteiger partial charge in [-0.25, -0.2) is 4.79 Å². The Balaban J connectivity index is 1.34. The molecule has 11 heteroatoms. The zero-order chi connectivity index (χ0) is 19.7. The zero-order valence-corrected chi connectivity index (χ0v) is 14.6. The summed E-state index contributed by atoms with van der Waals surface area (Å²) in [6.07, 6.45) is -2.88. The number of alkyl halides is 3. The van der Waals surface area contributed by atoms with Crippen LogP contribution in [0.1, 0.15) is 5.56 Å². The van der Waals surface area contributed by atoms with Crippen LogP contribution in [0.2, 0.25) is 0 Å². The molecule has 3 heterocycles. The van der Waals surface area contributed by atoms with Crippen LogP contribution < -0.4 is 10.2 Å². The number of nitrogens with zero attached hydrogens (tertiary/aromatic N) is 6. The van der Waals surface area contributed by atoms with Crippen molar-refractivity contribution in [1.82, 2.24) is 24.7 Å². The standard InChI is InChI=1S/C17H16F3N7O/c18-17(19,20)12-1-3-13(4-2-12)22-16(28)26-9-7-25(8-10-26)15-6-5-14-23-21-11-27(14)24-15/h1-6,11H,7-10H2,(H,22,28). The molecule has 4 rings (SSSR count). The number of hydrogen-bond donors (Lipinski definition) is 1. The monoisotopic (exact) mass is 391 g/mol. The van der Waals surface area contributed by atoms with E-state index in [1.54, 1.807) is 9.42 Å². The van der Waals surface area contributed by atoms with Gasteiger partial charge in [0.2, 0.25) is 0 Å². The van der Waals surface area contributed by atoms with Crippen LogP contribution >= 0.6 is 0 Å². The first kappa shape index (κ1) is 18.0. The Bertz CT molecular complexity index is 978. The molecule has 1 saturated heterocycles. The second-order valence-corrected chi connectivity index (χ2v) is 6.30. The average Bonchev–Trinajstić information content (AvgIpc) is 3.15. The maximum absolute atomic E-state index is 12.6. The van der Waals surface area contributed by atoms with Gasteiger partial charge in [0.25, 0.3) is 0 Å². The summed E-state index contributed by atoms with van der Waals surface area (Å²) in [7, 11) is 0. The maximum Gasteiger partial charge on any atom is 0.416 e. The number of piperazine rings is 1. The molecule has 28 heavy (non-hydrogen) atoms. The molecule has 0 unspecified atom stereocenters. The van der Waals surface area contributed by atoms with Crippen LogP contribution in [0.25, 0.3) is 5.65 Å². The number of aromatic nitrogens is 4. The molecule has 8 nitrogen and oxygen atoms in total. The van der Waals surface area contributed by atoms with Gasteiger partial charge in [-0.3, -0.25) is 0 Å². The van der Waals surface area contributed by atoms with Crippen LogP contribution in [-0.4, -0.2) is 56.9 Å². The SMILES string of the molecule is O=C(Nc1ccc(C(F)(F)F)cc1)N1CCN(c2ccc3nncn3n2)CC1. The lowest BCUT2D eigenvalue weighted by molar-refractivity contribution is -0.137. The number of rotatable bonds is 2. The maximum atomic E-state index is 12.6. The fourth-order valence-corrected chi connectivity index (χ4v) is 2.97. The van der Waals surface area contributed by atoms with Crippen molar-refractivity contribution in [3.8, 4) is 0 Å². The van der Waals surface area contributed by atoms with Gasteiger partial charge in [0.05, 0.1) is 5.56 Å². The summed E-state index contributed by atoms with van der Waals surface area (Å²) in [6, 6.07) is 7.70. The van der Waals surface area contributed by atoms with Crippen LogP contribution in [0.5, 0.6) is 0 Å². The zero-order valence-electron chi connectivity index (χ0n) is 14.6. The number of carbonyl (C=O) groups is 1.